The molecule has 0 N–H and O–H groups in total. The van der Waals surface area contributed by atoms with Crippen molar-refractivity contribution in [3.63, 3.8) is 0 Å². The van der Waals surface area contributed by atoms with Gasteiger partial charge in [0.05, 0.1) is 25.2 Å². The molecule has 1 rings (SSSR count). The van der Waals surface area contributed by atoms with Gasteiger partial charge in [-0.05, 0) is 12.1 Å². The Kier molecular flexibility index (Phi) is 5.51. The smallest absolute Gasteiger partial charge is 0.234 e. The monoisotopic (exact) mass is 265 g/mol. The number of rotatable bonds is 7. The van der Waals surface area contributed by atoms with Crippen molar-refractivity contribution in [2.24, 2.45) is 0 Å². The minimum atomic E-state index is -3.47. The molecule has 0 bridgehead atoms. The maximum absolute atomic E-state index is 10.5. The molecule has 16 heavy (non-hydrogen) atoms. The van der Waals surface area contributed by atoms with Gasteiger partial charge in [0, 0.05) is 16.9 Å². The van der Waals surface area contributed by atoms with Crippen molar-refractivity contribution in [2.45, 2.75) is 0 Å². The summed E-state index contributed by atoms with van der Waals surface area (Å²) in [6.07, 6.45) is 3.23. The van der Waals surface area contributed by atoms with Gasteiger partial charge in [0.25, 0.3) is 0 Å². The van der Waals surface area contributed by atoms with Gasteiger partial charge in [-0.15, -0.1) is 0 Å². The zero-order valence-electron chi connectivity index (χ0n) is 8.50. The maximum Gasteiger partial charge on any atom is 0.234 e. The Morgan fingerprint density at radius 3 is 2.75 bits per heavy atom. The van der Waals surface area contributed by atoms with Crippen LogP contribution in [0.15, 0.2) is 24.5 Å². The normalized spacial score (nSPS) is 11.3. The number of nitrogens with zero attached hydrogens (tertiary/aromatic N) is 1. The fourth-order valence-corrected chi connectivity index (χ4v) is 1.42. The van der Waals surface area contributed by atoms with Gasteiger partial charge in [-0.2, -0.15) is 0 Å². The number of hydrogen-bond donors (Lipinski definition) is 0. The third-order valence-corrected chi connectivity index (χ3v) is 2.72. The maximum atomic E-state index is 10.5. The zero-order valence-corrected chi connectivity index (χ0v) is 10.1. The molecular formula is C9H12ClNO4S. The molecule has 0 radical (unpaired) electrons. The molecule has 90 valence electrons. The van der Waals surface area contributed by atoms with E-state index < -0.39 is 9.05 Å². The summed E-state index contributed by atoms with van der Waals surface area (Å²) in [4.78, 5) is 3.87. The summed E-state index contributed by atoms with van der Waals surface area (Å²) in [5.74, 6) is 0.456. The second-order valence-corrected chi connectivity index (χ2v) is 5.79. The zero-order chi connectivity index (χ0) is 11.9. The quantitative estimate of drug-likeness (QED) is 0.545. The lowest BCUT2D eigenvalue weighted by Crippen LogP contribution is -2.11. The summed E-state index contributed by atoms with van der Waals surface area (Å²) < 4.78 is 31.4. The highest BCUT2D eigenvalue weighted by Gasteiger charge is 2.03. The second-order valence-electron chi connectivity index (χ2n) is 2.89. The molecule has 0 unspecified atom stereocenters. The van der Waals surface area contributed by atoms with E-state index >= 15 is 0 Å². The highest BCUT2D eigenvalue weighted by atomic mass is 35.7. The van der Waals surface area contributed by atoms with E-state index in [1.807, 2.05) is 0 Å². The molecule has 0 atom stereocenters. The molecule has 0 fully saturated rings. The molecule has 5 nitrogen and oxygen atoms in total. The van der Waals surface area contributed by atoms with Crippen molar-refractivity contribution in [1.29, 1.82) is 0 Å². The standard InChI is InChI=1S/C9H12ClNO4S/c10-16(12,13)7-6-14-4-5-15-9-2-1-3-11-8-9/h1-3,8H,4-7H2. The highest BCUT2D eigenvalue weighted by molar-refractivity contribution is 8.13. The molecule has 0 saturated heterocycles. The van der Waals surface area contributed by atoms with Crippen LogP contribution in [0, 0.1) is 0 Å². The Hall–Kier alpha value is -0.850. The van der Waals surface area contributed by atoms with Crippen LogP contribution >= 0.6 is 10.7 Å². The van der Waals surface area contributed by atoms with E-state index in [1.165, 1.54) is 0 Å². The van der Waals surface area contributed by atoms with Crippen LogP contribution < -0.4 is 4.74 Å². The van der Waals surface area contributed by atoms with Crippen LogP contribution in [0.1, 0.15) is 0 Å². The molecule has 0 spiro atoms. The van der Waals surface area contributed by atoms with E-state index in [2.05, 4.69) is 4.98 Å². The Labute approximate surface area is 98.8 Å². The average Bonchev–Trinajstić information content (AvgIpc) is 2.23. The van der Waals surface area contributed by atoms with Crippen LogP contribution in [-0.2, 0) is 13.8 Å². The largest absolute Gasteiger partial charge is 0.490 e. The molecule has 0 amide bonds. The lowest BCUT2D eigenvalue weighted by Gasteiger charge is -2.05. The molecule has 7 heteroatoms. The predicted molar refractivity (Wildman–Crippen MR) is 60.2 cm³/mol. The van der Waals surface area contributed by atoms with Crippen molar-refractivity contribution in [2.75, 3.05) is 25.6 Å². The number of halogens is 1. The second kappa shape index (κ2) is 6.67. The number of aromatic nitrogens is 1. The van der Waals surface area contributed by atoms with Crippen molar-refractivity contribution >= 4 is 19.7 Å². The first-order valence-corrected chi connectivity index (χ1v) is 7.09. The molecule has 0 aliphatic carbocycles. The van der Waals surface area contributed by atoms with Gasteiger partial charge in [0.15, 0.2) is 0 Å². The predicted octanol–water partition coefficient (Wildman–Crippen LogP) is 1.05. The average molecular weight is 266 g/mol. The molecule has 1 aromatic heterocycles. The van der Waals surface area contributed by atoms with Crippen LogP contribution in [0.5, 0.6) is 5.75 Å². The lowest BCUT2D eigenvalue weighted by atomic mass is 10.5. The van der Waals surface area contributed by atoms with Crippen LogP contribution in [0.2, 0.25) is 0 Å². The molecule has 1 heterocycles. The van der Waals surface area contributed by atoms with Gasteiger partial charge in [-0.1, -0.05) is 0 Å². The first-order valence-electron chi connectivity index (χ1n) is 4.61. The van der Waals surface area contributed by atoms with Crippen molar-refractivity contribution < 1.29 is 17.9 Å². The van der Waals surface area contributed by atoms with Gasteiger partial charge >= 0.3 is 0 Å². The minimum absolute atomic E-state index is 0.0717. The molecule has 0 saturated carbocycles. The fourth-order valence-electron chi connectivity index (χ4n) is 0.911. The summed E-state index contributed by atoms with van der Waals surface area (Å²) in [6, 6.07) is 3.53. The van der Waals surface area contributed by atoms with Gasteiger partial charge in [-0.25, -0.2) is 8.42 Å². The molecule has 1 aromatic rings. The third-order valence-electron chi connectivity index (χ3n) is 1.60. The number of ether oxygens (including phenoxy) is 2. The topological polar surface area (TPSA) is 65.5 Å². The van der Waals surface area contributed by atoms with Crippen LogP contribution in [0.25, 0.3) is 0 Å². The fraction of sp³-hybridized carbons (Fsp3) is 0.444. The van der Waals surface area contributed by atoms with Gasteiger partial charge in [-0.3, -0.25) is 4.98 Å². The number of pyridine rings is 1. The van der Waals surface area contributed by atoms with E-state index in [0.717, 1.165) is 0 Å². The molecule has 0 aromatic carbocycles. The number of hydrogen-bond acceptors (Lipinski definition) is 5. The summed E-state index contributed by atoms with van der Waals surface area (Å²) in [5.41, 5.74) is 0. The Bertz CT molecular complexity index is 395. The summed E-state index contributed by atoms with van der Waals surface area (Å²) >= 11 is 0. The van der Waals surface area contributed by atoms with E-state index in [-0.39, 0.29) is 12.4 Å². The first kappa shape index (κ1) is 13.2. The molecule has 0 aliphatic heterocycles. The Morgan fingerprint density at radius 2 is 2.12 bits per heavy atom. The minimum Gasteiger partial charge on any atom is -0.490 e. The van der Waals surface area contributed by atoms with E-state index in [9.17, 15) is 8.42 Å². The Morgan fingerprint density at radius 1 is 1.31 bits per heavy atom. The van der Waals surface area contributed by atoms with Crippen LogP contribution in [0.3, 0.4) is 0 Å². The van der Waals surface area contributed by atoms with Crippen molar-refractivity contribution in [3.05, 3.63) is 24.5 Å². The highest BCUT2D eigenvalue weighted by Crippen LogP contribution is 2.05. The molecule has 0 aliphatic rings. The van der Waals surface area contributed by atoms with E-state index in [1.54, 1.807) is 24.5 Å². The van der Waals surface area contributed by atoms with Gasteiger partial charge in [0.2, 0.25) is 9.05 Å². The van der Waals surface area contributed by atoms with E-state index in [0.29, 0.717) is 19.0 Å². The SMILES string of the molecule is O=S(=O)(Cl)CCOCCOc1cccnc1. The Balaban J connectivity index is 2.05. The van der Waals surface area contributed by atoms with Crippen molar-refractivity contribution in [1.82, 2.24) is 4.98 Å². The van der Waals surface area contributed by atoms with Gasteiger partial charge in [0.1, 0.15) is 12.4 Å². The summed E-state index contributed by atoms with van der Waals surface area (Å²) in [7, 11) is 1.53. The van der Waals surface area contributed by atoms with E-state index in [4.69, 9.17) is 20.2 Å². The van der Waals surface area contributed by atoms with Crippen molar-refractivity contribution in [3.8, 4) is 5.75 Å². The lowest BCUT2D eigenvalue weighted by molar-refractivity contribution is 0.111. The van der Waals surface area contributed by atoms with Crippen LogP contribution in [-0.4, -0.2) is 39.0 Å². The first-order chi connectivity index (χ1) is 7.58. The van der Waals surface area contributed by atoms with Gasteiger partial charge < -0.3 is 9.47 Å². The van der Waals surface area contributed by atoms with Crippen LogP contribution in [0.4, 0.5) is 0 Å². The molecular weight excluding hydrogens is 254 g/mol. The summed E-state index contributed by atoms with van der Waals surface area (Å²) in [5, 5.41) is 0. The summed E-state index contributed by atoms with van der Waals surface area (Å²) in [6.45, 7) is 0.720. The third kappa shape index (κ3) is 6.60.